The summed E-state index contributed by atoms with van der Waals surface area (Å²) in [7, 11) is 0. The van der Waals surface area contributed by atoms with Crippen molar-refractivity contribution in [2.24, 2.45) is 0 Å². The molecule has 1 aliphatic heterocycles. The van der Waals surface area contributed by atoms with Crippen molar-refractivity contribution < 1.29 is 0 Å². The molecule has 0 aromatic carbocycles. The Morgan fingerprint density at radius 2 is 2.21 bits per heavy atom. The van der Waals surface area contributed by atoms with E-state index < -0.39 is 0 Å². The number of nitrogens with one attached hydrogen (secondary N) is 2. The van der Waals surface area contributed by atoms with E-state index in [1.54, 1.807) is 6.20 Å². The van der Waals surface area contributed by atoms with Gasteiger partial charge in [-0.25, -0.2) is 4.98 Å². The van der Waals surface area contributed by atoms with Crippen LogP contribution in [-0.4, -0.2) is 27.7 Å². The van der Waals surface area contributed by atoms with Gasteiger partial charge in [0.05, 0.1) is 11.9 Å². The van der Waals surface area contributed by atoms with E-state index in [-0.39, 0.29) is 0 Å². The van der Waals surface area contributed by atoms with Gasteiger partial charge in [-0.3, -0.25) is 4.98 Å². The maximum atomic E-state index is 5.33. The summed E-state index contributed by atoms with van der Waals surface area (Å²) in [6.07, 6.45) is 9.23. The second-order valence-corrected chi connectivity index (χ2v) is 6.52. The average Bonchev–Trinajstić information content (AvgIpc) is 2.62. The minimum atomic E-state index is 0.562. The standard InChI is InChI=1S/C18H23N5S/c1-14-5-2-3-10-23(14)17-8-7-16(13-20-17)22-18(24)21-12-15-6-4-9-19-11-15/h4,6-9,11,13-14H,2-3,5,10,12H2,1H3,(H2,21,22,24). The SMILES string of the molecule is CC1CCCCN1c1ccc(NC(=S)NCc2cccnc2)cn1. The zero-order valence-electron chi connectivity index (χ0n) is 13.9. The largest absolute Gasteiger partial charge is 0.358 e. The summed E-state index contributed by atoms with van der Waals surface area (Å²) in [6.45, 7) is 4.01. The van der Waals surface area contributed by atoms with Gasteiger partial charge in [0.25, 0.3) is 0 Å². The van der Waals surface area contributed by atoms with Crippen LogP contribution in [0.1, 0.15) is 31.7 Å². The van der Waals surface area contributed by atoms with E-state index in [1.807, 2.05) is 30.6 Å². The Kier molecular flexibility index (Phi) is 5.59. The molecule has 6 heteroatoms. The van der Waals surface area contributed by atoms with E-state index >= 15 is 0 Å². The second kappa shape index (κ2) is 8.06. The van der Waals surface area contributed by atoms with Gasteiger partial charge < -0.3 is 15.5 Å². The van der Waals surface area contributed by atoms with Crippen molar-refractivity contribution in [3.63, 3.8) is 0 Å². The molecule has 0 spiro atoms. The lowest BCUT2D eigenvalue weighted by atomic mass is 10.0. The molecule has 1 unspecified atom stereocenters. The molecule has 1 aliphatic rings. The molecule has 2 aromatic rings. The summed E-state index contributed by atoms with van der Waals surface area (Å²) in [6, 6.07) is 8.58. The molecule has 1 atom stereocenters. The van der Waals surface area contributed by atoms with E-state index in [2.05, 4.69) is 38.5 Å². The minimum Gasteiger partial charge on any atom is -0.358 e. The van der Waals surface area contributed by atoms with E-state index in [1.165, 1.54) is 19.3 Å². The first-order valence-electron chi connectivity index (χ1n) is 8.39. The fraction of sp³-hybridized carbons (Fsp3) is 0.389. The fourth-order valence-corrected chi connectivity index (χ4v) is 3.12. The number of nitrogens with zero attached hydrogens (tertiary/aromatic N) is 3. The lowest BCUT2D eigenvalue weighted by Gasteiger charge is -2.34. The van der Waals surface area contributed by atoms with Crippen molar-refractivity contribution in [2.75, 3.05) is 16.8 Å². The molecule has 24 heavy (non-hydrogen) atoms. The van der Waals surface area contributed by atoms with E-state index in [9.17, 15) is 0 Å². The van der Waals surface area contributed by atoms with Gasteiger partial charge in [-0.05, 0) is 62.2 Å². The molecule has 3 heterocycles. The summed E-state index contributed by atoms with van der Waals surface area (Å²) in [5, 5.41) is 6.93. The number of anilines is 2. The first-order chi connectivity index (χ1) is 11.7. The highest BCUT2D eigenvalue weighted by atomic mass is 32.1. The average molecular weight is 341 g/mol. The third-order valence-electron chi connectivity index (χ3n) is 4.28. The summed E-state index contributed by atoms with van der Waals surface area (Å²) < 4.78 is 0. The predicted molar refractivity (Wildman–Crippen MR) is 102 cm³/mol. The van der Waals surface area contributed by atoms with Gasteiger partial charge in [0.15, 0.2) is 5.11 Å². The van der Waals surface area contributed by atoms with Crippen LogP contribution in [0.3, 0.4) is 0 Å². The van der Waals surface area contributed by atoms with Crippen LogP contribution in [0, 0.1) is 0 Å². The van der Waals surface area contributed by atoms with Crippen LogP contribution in [0.15, 0.2) is 42.9 Å². The van der Waals surface area contributed by atoms with Gasteiger partial charge in [-0.1, -0.05) is 6.07 Å². The van der Waals surface area contributed by atoms with Crippen LogP contribution in [-0.2, 0) is 6.54 Å². The fourth-order valence-electron chi connectivity index (χ4n) is 2.93. The zero-order chi connectivity index (χ0) is 16.8. The Balaban J connectivity index is 1.53. The number of hydrogen-bond donors (Lipinski definition) is 2. The minimum absolute atomic E-state index is 0.562. The topological polar surface area (TPSA) is 53.1 Å². The number of pyridine rings is 2. The van der Waals surface area contributed by atoms with Gasteiger partial charge in [-0.2, -0.15) is 0 Å². The third-order valence-corrected chi connectivity index (χ3v) is 4.53. The number of piperidine rings is 1. The number of rotatable bonds is 4. The first-order valence-corrected chi connectivity index (χ1v) is 8.79. The van der Waals surface area contributed by atoms with Gasteiger partial charge in [0.1, 0.15) is 5.82 Å². The van der Waals surface area contributed by atoms with Gasteiger partial charge >= 0.3 is 0 Å². The van der Waals surface area contributed by atoms with Gasteiger partial charge in [0.2, 0.25) is 0 Å². The van der Waals surface area contributed by atoms with E-state index in [0.29, 0.717) is 17.7 Å². The summed E-state index contributed by atoms with van der Waals surface area (Å²) in [5.74, 6) is 1.04. The molecule has 0 radical (unpaired) electrons. The number of aromatic nitrogens is 2. The Bertz CT molecular complexity index is 659. The van der Waals surface area contributed by atoms with Gasteiger partial charge in [0, 0.05) is 31.5 Å². The maximum absolute atomic E-state index is 5.33. The van der Waals surface area contributed by atoms with Crippen LogP contribution in [0.25, 0.3) is 0 Å². The highest BCUT2D eigenvalue weighted by Gasteiger charge is 2.19. The lowest BCUT2D eigenvalue weighted by Crippen LogP contribution is -2.37. The summed E-state index contributed by atoms with van der Waals surface area (Å²) >= 11 is 5.33. The smallest absolute Gasteiger partial charge is 0.171 e. The third kappa shape index (κ3) is 4.41. The highest BCUT2D eigenvalue weighted by Crippen LogP contribution is 2.23. The summed E-state index contributed by atoms with van der Waals surface area (Å²) in [5.41, 5.74) is 1.99. The molecule has 0 aliphatic carbocycles. The molecule has 0 saturated carbocycles. The Hall–Kier alpha value is -2.21. The van der Waals surface area contributed by atoms with Crippen molar-refractivity contribution in [2.45, 2.75) is 38.8 Å². The molecule has 1 saturated heterocycles. The van der Waals surface area contributed by atoms with Crippen LogP contribution >= 0.6 is 12.2 Å². The maximum Gasteiger partial charge on any atom is 0.171 e. The number of hydrogen-bond acceptors (Lipinski definition) is 4. The zero-order valence-corrected chi connectivity index (χ0v) is 14.7. The van der Waals surface area contributed by atoms with Crippen molar-refractivity contribution >= 4 is 28.8 Å². The number of thiocarbonyl (C=S) groups is 1. The predicted octanol–water partition coefficient (Wildman–Crippen LogP) is 3.34. The van der Waals surface area contributed by atoms with E-state index in [4.69, 9.17) is 12.2 Å². The second-order valence-electron chi connectivity index (χ2n) is 6.11. The molecule has 126 valence electrons. The molecule has 0 amide bonds. The highest BCUT2D eigenvalue weighted by molar-refractivity contribution is 7.80. The van der Waals surface area contributed by atoms with E-state index in [0.717, 1.165) is 23.6 Å². The first kappa shape index (κ1) is 16.6. The Labute approximate surface area is 148 Å². The molecule has 3 rings (SSSR count). The molecule has 0 bridgehead atoms. The molecule has 2 N–H and O–H groups in total. The lowest BCUT2D eigenvalue weighted by molar-refractivity contribution is 0.481. The van der Waals surface area contributed by atoms with Crippen molar-refractivity contribution in [1.82, 2.24) is 15.3 Å². The monoisotopic (exact) mass is 341 g/mol. The quantitative estimate of drug-likeness (QED) is 0.832. The van der Waals surface area contributed by atoms with Crippen molar-refractivity contribution in [3.05, 3.63) is 48.4 Å². The Morgan fingerprint density at radius 3 is 2.92 bits per heavy atom. The molecule has 2 aromatic heterocycles. The molecule has 5 nitrogen and oxygen atoms in total. The van der Waals surface area contributed by atoms with Crippen LogP contribution < -0.4 is 15.5 Å². The van der Waals surface area contributed by atoms with Crippen LogP contribution in [0.2, 0.25) is 0 Å². The normalized spacial score (nSPS) is 17.4. The Morgan fingerprint density at radius 1 is 1.29 bits per heavy atom. The molecule has 1 fully saturated rings. The van der Waals surface area contributed by atoms with Crippen LogP contribution in [0.5, 0.6) is 0 Å². The van der Waals surface area contributed by atoms with Crippen molar-refractivity contribution in [3.8, 4) is 0 Å². The van der Waals surface area contributed by atoms with Crippen molar-refractivity contribution in [1.29, 1.82) is 0 Å². The summed E-state index contributed by atoms with van der Waals surface area (Å²) in [4.78, 5) is 11.1. The van der Waals surface area contributed by atoms with Crippen LogP contribution in [0.4, 0.5) is 11.5 Å². The molecular weight excluding hydrogens is 318 g/mol. The molecular formula is C18H23N5S. The van der Waals surface area contributed by atoms with Gasteiger partial charge in [-0.15, -0.1) is 0 Å².